The van der Waals surface area contributed by atoms with Crippen molar-refractivity contribution in [2.75, 3.05) is 13.1 Å². The van der Waals surface area contributed by atoms with E-state index in [2.05, 4.69) is 9.97 Å². The van der Waals surface area contributed by atoms with Crippen molar-refractivity contribution >= 4 is 17.5 Å². The van der Waals surface area contributed by atoms with Gasteiger partial charge in [-0.15, -0.1) is 0 Å². The molecule has 2 aliphatic rings. The maximum Gasteiger partial charge on any atom is 0.256 e. The second-order valence-corrected chi connectivity index (χ2v) is 7.46. The summed E-state index contributed by atoms with van der Waals surface area (Å²) in [7, 11) is 0. The Morgan fingerprint density at radius 3 is 3.00 bits per heavy atom. The average Bonchev–Trinajstić information content (AvgIpc) is 2.92. The van der Waals surface area contributed by atoms with Gasteiger partial charge in [-0.05, 0) is 56.4 Å². The van der Waals surface area contributed by atoms with Crippen LogP contribution in [-0.2, 0) is 11.8 Å². The van der Waals surface area contributed by atoms with E-state index < -0.39 is 5.82 Å². The van der Waals surface area contributed by atoms with Gasteiger partial charge in [0.15, 0.2) is 0 Å². The number of likely N-dealkylation sites (tertiary alicyclic amines) is 1. The van der Waals surface area contributed by atoms with Crippen molar-refractivity contribution in [3.8, 4) is 0 Å². The number of carbonyl (C=O) groups is 1. The summed E-state index contributed by atoms with van der Waals surface area (Å²) in [6, 6.07) is 4.21. The molecule has 2 aromatic rings. The Hall–Kier alpha value is -2.01. The van der Waals surface area contributed by atoms with Gasteiger partial charge in [0, 0.05) is 29.7 Å². The number of benzene rings is 1. The molecule has 4 rings (SSSR count). The predicted octanol–water partition coefficient (Wildman–Crippen LogP) is 3.70. The lowest BCUT2D eigenvalue weighted by Gasteiger charge is -2.40. The van der Waals surface area contributed by atoms with Crippen LogP contribution in [0.1, 0.15) is 46.7 Å². The van der Waals surface area contributed by atoms with Gasteiger partial charge in [-0.3, -0.25) is 4.79 Å². The number of carbonyl (C=O) groups excluding carboxylic acids is 1. The highest BCUT2D eigenvalue weighted by Crippen LogP contribution is 2.44. The van der Waals surface area contributed by atoms with Crippen LogP contribution in [0.5, 0.6) is 0 Å². The lowest BCUT2D eigenvalue weighted by Crippen LogP contribution is -2.48. The number of hydrogen-bond donors (Lipinski definition) is 0. The average molecular weight is 360 g/mol. The third kappa shape index (κ3) is 2.80. The zero-order valence-corrected chi connectivity index (χ0v) is 14.8. The van der Waals surface area contributed by atoms with Crippen molar-refractivity contribution in [1.29, 1.82) is 0 Å². The van der Waals surface area contributed by atoms with Gasteiger partial charge in [-0.2, -0.15) is 0 Å². The molecule has 0 N–H and O–H groups in total. The van der Waals surface area contributed by atoms with Crippen molar-refractivity contribution < 1.29 is 9.18 Å². The first kappa shape index (κ1) is 16.5. The minimum Gasteiger partial charge on any atom is -0.338 e. The van der Waals surface area contributed by atoms with Gasteiger partial charge in [0.25, 0.3) is 5.91 Å². The second kappa shape index (κ2) is 6.06. The van der Waals surface area contributed by atoms with E-state index in [9.17, 15) is 9.18 Å². The molecule has 1 aliphatic heterocycles. The van der Waals surface area contributed by atoms with Crippen molar-refractivity contribution in [2.24, 2.45) is 0 Å². The summed E-state index contributed by atoms with van der Waals surface area (Å²) < 4.78 is 14.2. The van der Waals surface area contributed by atoms with E-state index in [1.165, 1.54) is 17.7 Å². The SMILES string of the molecule is Cc1ncc2c(n1)C1(CCCN(C(=O)c3ccc(Cl)cc3F)C1)CC2. The van der Waals surface area contributed by atoms with Crippen molar-refractivity contribution in [2.45, 2.75) is 38.0 Å². The third-order valence-corrected chi connectivity index (χ3v) is 5.62. The van der Waals surface area contributed by atoms with Gasteiger partial charge >= 0.3 is 0 Å². The molecule has 1 saturated heterocycles. The Balaban J connectivity index is 1.64. The molecule has 0 saturated carbocycles. The fourth-order valence-electron chi connectivity index (χ4n) is 4.17. The van der Waals surface area contributed by atoms with Gasteiger partial charge in [-0.25, -0.2) is 14.4 Å². The predicted molar refractivity (Wildman–Crippen MR) is 93.3 cm³/mol. The van der Waals surface area contributed by atoms with Crippen LogP contribution in [0.3, 0.4) is 0 Å². The standard InChI is InChI=1S/C19H19ClFN3O/c1-12-22-10-13-5-7-19(17(13)23-12)6-2-8-24(11-19)18(25)15-4-3-14(20)9-16(15)21/h3-4,9-10H,2,5-8,11H2,1H3. The molecule has 4 nitrogen and oxygen atoms in total. The zero-order valence-electron chi connectivity index (χ0n) is 14.1. The third-order valence-electron chi connectivity index (χ3n) is 5.39. The van der Waals surface area contributed by atoms with Crippen molar-refractivity contribution in [3.63, 3.8) is 0 Å². The molecule has 1 fully saturated rings. The molecule has 0 radical (unpaired) electrons. The van der Waals surface area contributed by atoms with Crippen LogP contribution < -0.4 is 0 Å². The number of nitrogens with zero attached hydrogens (tertiary/aromatic N) is 3. The first-order valence-corrected chi connectivity index (χ1v) is 8.94. The summed E-state index contributed by atoms with van der Waals surface area (Å²) >= 11 is 5.80. The van der Waals surface area contributed by atoms with E-state index in [0.717, 1.165) is 37.2 Å². The van der Waals surface area contributed by atoms with Crippen LogP contribution >= 0.6 is 11.6 Å². The molecule has 1 amide bonds. The molecule has 1 aromatic heterocycles. The Bertz CT molecular complexity index is 853. The number of piperidine rings is 1. The summed E-state index contributed by atoms with van der Waals surface area (Å²) in [4.78, 5) is 23.6. The van der Waals surface area contributed by atoms with E-state index in [1.807, 2.05) is 13.1 Å². The number of fused-ring (bicyclic) bond motifs is 2. The minimum atomic E-state index is -0.567. The van der Waals surface area contributed by atoms with Crippen LogP contribution in [0.25, 0.3) is 0 Å². The van der Waals surface area contributed by atoms with E-state index >= 15 is 0 Å². The van der Waals surface area contributed by atoms with E-state index in [4.69, 9.17) is 11.6 Å². The van der Waals surface area contributed by atoms with Crippen molar-refractivity contribution in [1.82, 2.24) is 14.9 Å². The molecule has 6 heteroatoms. The summed E-state index contributed by atoms with van der Waals surface area (Å²) in [5.74, 6) is -0.0817. The van der Waals surface area contributed by atoms with Crippen molar-refractivity contribution in [3.05, 3.63) is 57.9 Å². The van der Waals surface area contributed by atoms with Gasteiger partial charge < -0.3 is 4.90 Å². The smallest absolute Gasteiger partial charge is 0.256 e. The molecular formula is C19H19ClFN3O. The number of hydrogen-bond acceptors (Lipinski definition) is 3. The largest absolute Gasteiger partial charge is 0.338 e. The Kier molecular flexibility index (Phi) is 3.99. The number of aryl methyl sites for hydroxylation is 2. The topological polar surface area (TPSA) is 46.1 Å². The molecule has 1 spiro atoms. The number of amides is 1. The summed E-state index contributed by atoms with van der Waals surface area (Å²) in [6.07, 6.45) is 5.71. The van der Waals surface area contributed by atoms with Gasteiger partial charge in [0.2, 0.25) is 0 Å². The van der Waals surface area contributed by atoms with Gasteiger partial charge in [0.1, 0.15) is 11.6 Å². The highest BCUT2D eigenvalue weighted by atomic mass is 35.5. The van der Waals surface area contributed by atoms with Crippen LogP contribution in [0.15, 0.2) is 24.4 Å². The van der Waals surface area contributed by atoms with E-state index in [1.54, 1.807) is 11.0 Å². The maximum atomic E-state index is 14.2. The van der Waals surface area contributed by atoms with E-state index in [-0.39, 0.29) is 16.9 Å². The quantitative estimate of drug-likeness (QED) is 0.780. The monoisotopic (exact) mass is 359 g/mol. The molecule has 0 bridgehead atoms. The fraction of sp³-hybridized carbons (Fsp3) is 0.421. The summed E-state index contributed by atoms with van der Waals surface area (Å²) in [6.45, 7) is 3.11. The second-order valence-electron chi connectivity index (χ2n) is 7.03. The first-order valence-electron chi connectivity index (χ1n) is 8.56. The van der Waals surface area contributed by atoms with Crippen LogP contribution in [0.2, 0.25) is 5.02 Å². The van der Waals surface area contributed by atoms with Gasteiger partial charge in [-0.1, -0.05) is 11.6 Å². The Morgan fingerprint density at radius 2 is 2.20 bits per heavy atom. The lowest BCUT2D eigenvalue weighted by molar-refractivity contribution is 0.0628. The Labute approximate surface area is 151 Å². The molecule has 1 atom stereocenters. The summed E-state index contributed by atoms with van der Waals surface area (Å²) in [5, 5.41) is 0.293. The fourth-order valence-corrected chi connectivity index (χ4v) is 4.32. The molecule has 2 heterocycles. The first-order chi connectivity index (χ1) is 12.0. The normalized spacial score (nSPS) is 22.3. The highest BCUT2D eigenvalue weighted by Gasteiger charge is 2.44. The van der Waals surface area contributed by atoms with E-state index in [0.29, 0.717) is 18.1 Å². The molecule has 25 heavy (non-hydrogen) atoms. The molecule has 1 unspecified atom stereocenters. The lowest BCUT2D eigenvalue weighted by atomic mass is 9.77. The number of aromatic nitrogens is 2. The minimum absolute atomic E-state index is 0.0820. The molecule has 1 aromatic carbocycles. The maximum absolute atomic E-state index is 14.2. The number of rotatable bonds is 1. The Morgan fingerprint density at radius 1 is 1.36 bits per heavy atom. The molecular weight excluding hydrogens is 341 g/mol. The number of halogens is 2. The van der Waals surface area contributed by atoms with Crippen LogP contribution in [-0.4, -0.2) is 33.9 Å². The summed E-state index contributed by atoms with van der Waals surface area (Å²) in [5.41, 5.74) is 2.21. The van der Waals surface area contributed by atoms with Crippen LogP contribution in [0.4, 0.5) is 4.39 Å². The molecule has 1 aliphatic carbocycles. The zero-order chi connectivity index (χ0) is 17.6. The molecule has 130 valence electrons. The van der Waals surface area contributed by atoms with Crippen LogP contribution in [0, 0.1) is 12.7 Å². The highest BCUT2D eigenvalue weighted by molar-refractivity contribution is 6.30. The van der Waals surface area contributed by atoms with Gasteiger partial charge in [0.05, 0.1) is 11.3 Å².